The van der Waals surface area contributed by atoms with Crippen molar-refractivity contribution < 1.29 is 0 Å². The molecule has 0 aliphatic heterocycles. The van der Waals surface area contributed by atoms with Crippen LogP contribution in [0.4, 0.5) is 0 Å². The Labute approximate surface area is 64.0 Å². The quantitative estimate of drug-likeness (QED) is 0.595. The Morgan fingerprint density at radius 1 is 1.50 bits per heavy atom. The summed E-state index contributed by atoms with van der Waals surface area (Å²) in [5.41, 5.74) is 6.20. The molecule has 1 nitrogen and oxygen atoms in total. The molecule has 0 amide bonds. The highest BCUT2D eigenvalue weighted by molar-refractivity contribution is 4.79. The van der Waals surface area contributed by atoms with Gasteiger partial charge in [-0.3, -0.25) is 0 Å². The Morgan fingerprint density at radius 3 is 2.60 bits per heavy atom. The first kappa shape index (κ1) is 8.06. The van der Waals surface area contributed by atoms with Gasteiger partial charge in [0.15, 0.2) is 0 Å². The summed E-state index contributed by atoms with van der Waals surface area (Å²) in [6, 6.07) is 0. The van der Waals surface area contributed by atoms with E-state index in [1.807, 2.05) is 0 Å². The average Bonchev–Trinajstić information content (AvgIpc) is 1.86. The van der Waals surface area contributed by atoms with E-state index in [1.54, 1.807) is 0 Å². The monoisotopic (exact) mass is 141 g/mol. The molecule has 0 saturated heterocycles. The minimum absolute atomic E-state index is 0.572. The van der Waals surface area contributed by atoms with Crippen LogP contribution in [0.25, 0.3) is 0 Å². The lowest BCUT2D eigenvalue weighted by Gasteiger charge is -2.34. The maximum atomic E-state index is 5.62. The standard InChI is InChI=1S/C9H19N/c1-9(2)5-3-4-8(6-9)7-10/h8H,3-7,10H2,1-2H3/t8-/m1/s1. The second-order valence-electron chi connectivity index (χ2n) is 4.36. The van der Waals surface area contributed by atoms with Crippen LogP contribution >= 0.6 is 0 Å². The molecule has 1 aliphatic carbocycles. The van der Waals surface area contributed by atoms with Gasteiger partial charge in [0.25, 0.3) is 0 Å². The van der Waals surface area contributed by atoms with Crippen molar-refractivity contribution in [1.82, 2.24) is 0 Å². The smallest absolute Gasteiger partial charge is 0.00487 e. The molecule has 0 heterocycles. The molecular weight excluding hydrogens is 122 g/mol. The topological polar surface area (TPSA) is 26.0 Å². The highest BCUT2D eigenvalue weighted by Gasteiger charge is 2.26. The predicted molar refractivity (Wildman–Crippen MR) is 44.8 cm³/mol. The molecule has 1 rings (SSSR count). The molecule has 1 aliphatic rings. The average molecular weight is 141 g/mol. The van der Waals surface area contributed by atoms with Gasteiger partial charge >= 0.3 is 0 Å². The van der Waals surface area contributed by atoms with Crippen molar-refractivity contribution in [3.05, 3.63) is 0 Å². The van der Waals surface area contributed by atoms with Gasteiger partial charge < -0.3 is 5.73 Å². The van der Waals surface area contributed by atoms with E-state index in [-0.39, 0.29) is 0 Å². The van der Waals surface area contributed by atoms with E-state index < -0.39 is 0 Å². The summed E-state index contributed by atoms with van der Waals surface area (Å²) in [5.74, 6) is 0.809. The van der Waals surface area contributed by atoms with Crippen molar-refractivity contribution in [1.29, 1.82) is 0 Å². The van der Waals surface area contributed by atoms with E-state index >= 15 is 0 Å². The van der Waals surface area contributed by atoms with Gasteiger partial charge in [0.05, 0.1) is 0 Å². The molecule has 0 unspecified atom stereocenters. The van der Waals surface area contributed by atoms with Crippen molar-refractivity contribution in [3.63, 3.8) is 0 Å². The molecule has 0 bridgehead atoms. The van der Waals surface area contributed by atoms with Gasteiger partial charge in [-0.15, -0.1) is 0 Å². The van der Waals surface area contributed by atoms with E-state index in [2.05, 4.69) is 13.8 Å². The number of nitrogens with two attached hydrogens (primary N) is 1. The zero-order chi connectivity index (χ0) is 7.61. The molecule has 0 spiro atoms. The lowest BCUT2D eigenvalue weighted by atomic mass is 9.72. The number of hydrogen-bond donors (Lipinski definition) is 1. The van der Waals surface area contributed by atoms with E-state index in [0.29, 0.717) is 5.41 Å². The van der Waals surface area contributed by atoms with Crippen LogP contribution in [-0.2, 0) is 0 Å². The Balaban J connectivity index is 2.40. The van der Waals surface area contributed by atoms with Crippen LogP contribution in [0.3, 0.4) is 0 Å². The molecule has 0 aromatic heterocycles. The Bertz CT molecular complexity index is 107. The SMILES string of the molecule is CC1(C)CCC[C@@H](CN)C1. The van der Waals surface area contributed by atoms with Crippen LogP contribution in [0.15, 0.2) is 0 Å². The number of hydrogen-bond acceptors (Lipinski definition) is 1. The van der Waals surface area contributed by atoms with Gasteiger partial charge in [0.2, 0.25) is 0 Å². The van der Waals surface area contributed by atoms with Gasteiger partial charge in [-0.2, -0.15) is 0 Å². The summed E-state index contributed by atoms with van der Waals surface area (Å²) in [7, 11) is 0. The summed E-state index contributed by atoms with van der Waals surface area (Å²) >= 11 is 0. The van der Waals surface area contributed by atoms with Gasteiger partial charge in [0.1, 0.15) is 0 Å². The largest absolute Gasteiger partial charge is 0.330 e. The van der Waals surface area contributed by atoms with Crippen molar-refractivity contribution in [2.24, 2.45) is 17.1 Å². The maximum absolute atomic E-state index is 5.62. The maximum Gasteiger partial charge on any atom is -0.00487 e. The highest BCUT2D eigenvalue weighted by Crippen LogP contribution is 2.37. The summed E-state index contributed by atoms with van der Waals surface area (Å²) in [6.45, 7) is 5.60. The molecule has 10 heavy (non-hydrogen) atoms. The third kappa shape index (κ3) is 1.98. The van der Waals surface area contributed by atoms with Crippen molar-refractivity contribution in [2.45, 2.75) is 39.5 Å². The Morgan fingerprint density at radius 2 is 2.20 bits per heavy atom. The van der Waals surface area contributed by atoms with Crippen molar-refractivity contribution in [2.75, 3.05) is 6.54 Å². The minimum Gasteiger partial charge on any atom is -0.330 e. The van der Waals surface area contributed by atoms with Gasteiger partial charge in [-0.25, -0.2) is 0 Å². The van der Waals surface area contributed by atoms with Crippen molar-refractivity contribution >= 4 is 0 Å². The van der Waals surface area contributed by atoms with Gasteiger partial charge in [-0.1, -0.05) is 20.3 Å². The minimum atomic E-state index is 0.572. The summed E-state index contributed by atoms with van der Waals surface area (Å²) in [6.07, 6.45) is 5.47. The van der Waals surface area contributed by atoms with Crippen molar-refractivity contribution in [3.8, 4) is 0 Å². The Kier molecular flexibility index (Phi) is 2.35. The first-order valence-electron chi connectivity index (χ1n) is 4.34. The summed E-state index contributed by atoms with van der Waals surface area (Å²) < 4.78 is 0. The van der Waals surface area contributed by atoms with Crippen LogP contribution in [0.5, 0.6) is 0 Å². The van der Waals surface area contributed by atoms with E-state index in [1.165, 1.54) is 25.7 Å². The fraction of sp³-hybridized carbons (Fsp3) is 1.00. The first-order chi connectivity index (χ1) is 4.64. The molecule has 0 aromatic rings. The Hall–Kier alpha value is -0.0400. The molecule has 1 heteroatoms. The number of rotatable bonds is 1. The lowest BCUT2D eigenvalue weighted by molar-refractivity contribution is 0.184. The fourth-order valence-corrected chi connectivity index (χ4v) is 2.06. The molecule has 0 aromatic carbocycles. The molecular formula is C9H19N. The highest BCUT2D eigenvalue weighted by atomic mass is 14.6. The second-order valence-corrected chi connectivity index (χ2v) is 4.36. The molecule has 1 saturated carbocycles. The summed E-state index contributed by atoms with van der Waals surface area (Å²) in [5, 5.41) is 0. The van der Waals surface area contributed by atoms with Crippen LogP contribution in [0.2, 0.25) is 0 Å². The van der Waals surface area contributed by atoms with Crippen LogP contribution in [0.1, 0.15) is 39.5 Å². The third-order valence-electron chi connectivity index (χ3n) is 2.64. The van der Waals surface area contributed by atoms with Crippen LogP contribution < -0.4 is 5.73 Å². The van der Waals surface area contributed by atoms with Gasteiger partial charge in [-0.05, 0) is 37.1 Å². The second kappa shape index (κ2) is 2.91. The molecule has 0 radical (unpaired) electrons. The third-order valence-corrected chi connectivity index (χ3v) is 2.64. The molecule has 60 valence electrons. The van der Waals surface area contributed by atoms with Crippen LogP contribution in [0, 0.1) is 11.3 Å². The van der Waals surface area contributed by atoms with Gasteiger partial charge in [0, 0.05) is 0 Å². The van der Waals surface area contributed by atoms with E-state index in [0.717, 1.165) is 12.5 Å². The fourth-order valence-electron chi connectivity index (χ4n) is 2.06. The lowest BCUT2D eigenvalue weighted by Crippen LogP contribution is -2.27. The zero-order valence-corrected chi connectivity index (χ0v) is 7.19. The predicted octanol–water partition coefficient (Wildman–Crippen LogP) is 2.16. The normalized spacial score (nSPS) is 32.1. The summed E-state index contributed by atoms with van der Waals surface area (Å²) in [4.78, 5) is 0. The van der Waals surface area contributed by atoms with Crippen LogP contribution in [-0.4, -0.2) is 6.54 Å². The van der Waals surface area contributed by atoms with E-state index in [9.17, 15) is 0 Å². The first-order valence-corrected chi connectivity index (χ1v) is 4.34. The molecule has 1 fully saturated rings. The molecule has 2 N–H and O–H groups in total. The van der Waals surface area contributed by atoms with E-state index in [4.69, 9.17) is 5.73 Å². The molecule has 1 atom stereocenters. The zero-order valence-electron chi connectivity index (χ0n) is 7.19.